The molecule has 34 heavy (non-hydrogen) atoms. The van der Waals surface area contributed by atoms with Gasteiger partial charge in [-0.15, -0.1) is 0 Å². The lowest BCUT2D eigenvalue weighted by Gasteiger charge is -2.30. The van der Waals surface area contributed by atoms with Gasteiger partial charge in [0.2, 0.25) is 6.79 Å². The summed E-state index contributed by atoms with van der Waals surface area (Å²) < 4.78 is 19.4. The normalized spacial score (nSPS) is 23.5. The molecule has 0 amide bonds. The highest BCUT2D eigenvalue weighted by Crippen LogP contribution is 2.42. The molecule has 3 aromatic rings. The second kappa shape index (κ2) is 8.60. The average molecular weight is 477 g/mol. The fraction of sp³-hybridized carbons (Fsp3) is 0.385. The molecule has 0 saturated carbocycles. The van der Waals surface area contributed by atoms with E-state index in [4.69, 9.17) is 26.4 Å². The number of benzene rings is 1. The maximum Gasteiger partial charge on any atom is 0.231 e. The number of pyridine rings is 1. The Hall–Kier alpha value is -3.10. The Morgan fingerprint density at radius 1 is 1.12 bits per heavy atom. The van der Waals surface area contributed by atoms with E-state index in [1.807, 2.05) is 30.5 Å². The maximum absolute atomic E-state index is 5.98. The molecule has 0 radical (unpaired) electrons. The van der Waals surface area contributed by atoms with Crippen LogP contribution in [0.25, 0.3) is 5.69 Å². The van der Waals surface area contributed by atoms with E-state index in [-0.39, 0.29) is 25.0 Å². The smallest absolute Gasteiger partial charge is 0.231 e. The molecule has 0 bridgehead atoms. The number of rotatable bonds is 5. The van der Waals surface area contributed by atoms with E-state index in [1.165, 1.54) is 11.3 Å². The molecule has 1 N–H and O–H groups in total. The van der Waals surface area contributed by atoms with E-state index in [2.05, 4.69) is 51.8 Å². The van der Waals surface area contributed by atoms with Gasteiger partial charge in [-0.2, -0.15) is 0 Å². The molecule has 3 atom stereocenters. The molecule has 2 fully saturated rings. The summed E-state index contributed by atoms with van der Waals surface area (Å²) in [6.07, 6.45) is 4.21. The van der Waals surface area contributed by atoms with Crippen molar-refractivity contribution in [1.82, 2.24) is 19.8 Å². The third-order valence-corrected chi connectivity index (χ3v) is 7.38. The van der Waals surface area contributed by atoms with Crippen LogP contribution < -0.4 is 14.8 Å². The molecule has 0 unspecified atom stereocenters. The number of aryl methyl sites for hydroxylation is 1. The third-order valence-electron chi connectivity index (χ3n) is 7.03. The molecule has 2 saturated heterocycles. The van der Waals surface area contributed by atoms with Gasteiger partial charge in [-0.3, -0.25) is 4.98 Å². The average Bonchev–Trinajstić information content (AvgIpc) is 3.63. The van der Waals surface area contributed by atoms with Crippen LogP contribution in [-0.2, 0) is 4.74 Å². The van der Waals surface area contributed by atoms with Crippen LogP contribution in [0.3, 0.4) is 0 Å². The second-order valence-electron chi connectivity index (χ2n) is 9.11. The number of fused-ring (bicyclic) bond motifs is 1. The summed E-state index contributed by atoms with van der Waals surface area (Å²) >= 11 is 5.85. The summed E-state index contributed by atoms with van der Waals surface area (Å²) in [6, 6.07) is 14.4. The van der Waals surface area contributed by atoms with Gasteiger partial charge in [-0.25, -0.2) is 0 Å². The predicted octanol–water partition coefficient (Wildman–Crippen LogP) is 4.37. The zero-order valence-electron chi connectivity index (χ0n) is 19.4. The van der Waals surface area contributed by atoms with Crippen molar-refractivity contribution in [1.29, 1.82) is 0 Å². The van der Waals surface area contributed by atoms with Crippen LogP contribution in [0.15, 0.2) is 48.7 Å². The first kappa shape index (κ1) is 21.4. The Bertz CT molecular complexity index is 1220. The first-order chi connectivity index (χ1) is 16.6. The van der Waals surface area contributed by atoms with Crippen molar-refractivity contribution in [2.75, 3.05) is 19.9 Å². The van der Waals surface area contributed by atoms with Gasteiger partial charge in [0, 0.05) is 42.5 Å². The lowest BCUT2D eigenvalue weighted by atomic mass is 9.96. The number of aromatic nitrogens is 2. The van der Waals surface area contributed by atoms with Crippen LogP contribution >= 0.6 is 12.2 Å². The number of ether oxygens (including phenoxy) is 3. The van der Waals surface area contributed by atoms with E-state index in [0.717, 1.165) is 59.7 Å². The SMILES string of the molecule is Cc1cc([C@@H]2[C@H](c3ccccn3)NC(=S)N2C[C@H]2CCCO2)c(C)n1-c1ccc2c(c1)OCO2. The maximum atomic E-state index is 5.98. The number of thiocarbonyl (C=S) groups is 1. The molecule has 176 valence electrons. The highest BCUT2D eigenvalue weighted by atomic mass is 32.1. The number of nitrogens with one attached hydrogen (secondary N) is 1. The minimum atomic E-state index is -0.0409. The van der Waals surface area contributed by atoms with Gasteiger partial charge in [0.15, 0.2) is 16.6 Å². The predicted molar refractivity (Wildman–Crippen MR) is 132 cm³/mol. The monoisotopic (exact) mass is 476 g/mol. The number of hydrogen-bond acceptors (Lipinski definition) is 5. The topological polar surface area (TPSA) is 60.8 Å². The van der Waals surface area contributed by atoms with Crippen LogP contribution in [0.2, 0.25) is 0 Å². The number of hydrogen-bond donors (Lipinski definition) is 1. The van der Waals surface area contributed by atoms with Crippen molar-refractivity contribution in [3.05, 3.63) is 71.3 Å². The third kappa shape index (κ3) is 3.61. The van der Waals surface area contributed by atoms with E-state index in [1.54, 1.807) is 0 Å². The molecule has 2 aromatic heterocycles. The first-order valence-corrected chi connectivity index (χ1v) is 12.2. The Morgan fingerprint density at radius 3 is 2.79 bits per heavy atom. The van der Waals surface area contributed by atoms with Crippen molar-refractivity contribution < 1.29 is 14.2 Å². The van der Waals surface area contributed by atoms with Crippen LogP contribution in [0.1, 0.15) is 47.6 Å². The molecule has 3 aliphatic heterocycles. The molecule has 0 aliphatic carbocycles. The second-order valence-corrected chi connectivity index (χ2v) is 9.50. The molecule has 0 spiro atoms. The Morgan fingerprint density at radius 2 is 2.00 bits per heavy atom. The van der Waals surface area contributed by atoms with E-state index in [0.29, 0.717) is 0 Å². The van der Waals surface area contributed by atoms with E-state index in [9.17, 15) is 0 Å². The summed E-state index contributed by atoms with van der Waals surface area (Å²) in [4.78, 5) is 6.98. The molecule has 5 heterocycles. The Balaban J connectivity index is 1.43. The first-order valence-electron chi connectivity index (χ1n) is 11.8. The van der Waals surface area contributed by atoms with Gasteiger partial charge < -0.3 is 29.0 Å². The molecular formula is C26H28N4O3S. The van der Waals surface area contributed by atoms with Gasteiger partial charge in [-0.05, 0) is 74.8 Å². The summed E-state index contributed by atoms with van der Waals surface area (Å²) in [7, 11) is 0. The quantitative estimate of drug-likeness (QED) is 0.549. The summed E-state index contributed by atoms with van der Waals surface area (Å²) in [5, 5.41) is 4.32. The van der Waals surface area contributed by atoms with Crippen molar-refractivity contribution >= 4 is 17.3 Å². The lowest BCUT2D eigenvalue weighted by molar-refractivity contribution is 0.0842. The summed E-state index contributed by atoms with van der Waals surface area (Å²) in [5.41, 5.74) is 5.60. The molecule has 6 rings (SSSR count). The number of nitrogens with zero attached hydrogens (tertiary/aromatic N) is 3. The van der Waals surface area contributed by atoms with E-state index >= 15 is 0 Å². The standard InChI is InChI=1S/C26H28N4O3S/c1-16-12-20(17(2)30(16)18-8-9-22-23(13-18)33-15-32-22)25-24(21-7-3-4-10-27-21)28-26(34)29(25)14-19-6-5-11-31-19/h3-4,7-10,12-13,19,24-25H,5-6,11,14-15H2,1-2H3,(H,28,34)/t19-,24+,25-/m1/s1. The van der Waals surface area contributed by atoms with Gasteiger partial charge >= 0.3 is 0 Å². The van der Waals surface area contributed by atoms with Gasteiger partial charge in [0.25, 0.3) is 0 Å². The van der Waals surface area contributed by atoms with E-state index < -0.39 is 0 Å². The lowest BCUT2D eigenvalue weighted by Crippen LogP contribution is -2.36. The molecule has 7 nitrogen and oxygen atoms in total. The highest BCUT2D eigenvalue weighted by Gasteiger charge is 2.42. The largest absolute Gasteiger partial charge is 0.454 e. The van der Waals surface area contributed by atoms with Gasteiger partial charge in [-0.1, -0.05) is 6.07 Å². The van der Waals surface area contributed by atoms with Crippen molar-refractivity contribution in [3.8, 4) is 17.2 Å². The van der Waals surface area contributed by atoms with Gasteiger partial charge in [0.05, 0.1) is 23.9 Å². The van der Waals surface area contributed by atoms with Crippen LogP contribution in [0.4, 0.5) is 0 Å². The van der Waals surface area contributed by atoms with Crippen LogP contribution in [-0.4, -0.2) is 45.6 Å². The van der Waals surface area contributed by atoms with Crippen LogP contribution in [0.5, 0.6) is 11.5 Å². The minimum Gasteiger partial charge on any atom is -0.454 e. The Labute approximate surface area is 204 Å². The molecule has 3 aliphatic rings. The zero-order valence-corrected chi connectivity index (χ0v) is 20.2. The van der Waals surface area contributed by atoms with Gasteiger partial charge in [0.1, 0.15) is 0 Å². The molecule has 1 aromatic carbocycles. The fourth-order valence-corrected chi connectivity index (χ4v) is 5.77. The molecular weight excluding hydrogens is 448 g/mol. The van der Waals surface area contributed by atoms with Crippen molar-refractivity contribution in [2.24, 2.45) is 0 Å². The molecule has 8 heteroatoms. The summed E-state index contributed by atoms with van der Waals surface area (Å²) in [6.45, 7) is 6.18. The highest BCUT2D eigenvalue weighted by molar-refractivity contribution is 7.80. The minimum absolute atomic E-state index is 0.0144. The van der Waals surface area contributed by atoms with Crippen molar-refractivity contribution in [3.63, 3.8) is 0 Å². The fourth-order valence-electron chi connectivity index (χ4n) is 5.46. The van der Waals surface area contributed by atoms with Crippen molar-refractivity contribution in [2.45, 2.75) is 44.9 Å². The van der Waals surface area contributed by atoms with Crippen LogP contribution in [0, 0.1) is 13.8 Å². The summed E-state index contributed by atoms with van der Waals surface area (Å²) in [5.74, 6) is 1.57. The Kier molecular flexibility index (Phi) is 5.42. The zero-order chi connectivity index (χ0) is 23.2.